The predicted octanol–water partition coefficient (Wildman–Crippen LogP) is 2.89. The molecule has 2 fully saturated rings. The standard InChI is InChI=1S/C20H29N3O3/c1-26-18-11-6-5-10-17(18)19(24)22-12-7-13-23(15-14-22)20(25)21-16-8-3-2-4-9-16/h5-6,10-11,16H,2-4,7-9,12-15H2,1H3,(H,21,25). The summed E-state index contributed by atoms with van der Waals surface area (Å²) in [6.45, 7) is 2.47. The molecule has 0 spiro atoms. The second-order valence-electron chi connectivity index (χ2n) is 7.12. The fourth-order valence-corrected chi connectivity index (χ4v) is 3.83. The number of rotatable bonds is 3. The van der Waals surface area contributed by atoms with E-state index >= 15 is 0 Å². The van der Waals surface area contributed by atoms with E-state index in [9.17, 15) is 9.59 Å². The molecule has 26 heavy (non-hydrogen) atoms. The maximum absolute atomic E-state index is 12.9. The summed E-state index contributed by atoms with van der Waals surface area (Å²) in [5.41, 5.74) is 0.579. The van der Waals surface area contributed by atoms with E-state index in [-0.39, 0.29) is 11.9 Å². The fourth-order valence-electron chi connectivity index (χ4n) is 3.83. The SMILES string of the molecule is COc1ccccc1C(=O)N1CCCN(C(=O)NC2CCCCC2)CC1. The number of ether oxygens (including phenoxy) is 1. The molecule has 1 heterocycles. The van der Waals surface area contributed by atoms with Gasteiger partial charge in [0.15, 0.2) is 0 Å². The van der Waals surface area contributed by atoms with Crippen LogP contribution in [0.2, 0.25) is 0 Å². The number of nitrogens with zero attached hydrogens (tertiary/aromatic N) is 2. The highest BCUT2D eigenvalue weighted by Crippen LogP contribution is 2.21. The van der Waals surface area contributed by atoms with Crippen molar-refractivity contribution < 1.29 is 14.3 Å². The predicted molar refractivity (Wildman–Crippen MR) is 100 cm³/mol. The summed E-state index contributed by atoms with van der Waals surface area (Å²) in [5, 5.41) is 3.17. The van der Waals surface area contributed by atoms with Gasteiger partial charge < -0.3 is 19.9 Å². The number of benzene rings is 1. The van der Waals surface area contributed by atoms with Gasteiger partial charge in [-0.1, -0.05) is 31.4 Å². The lowest BCUT2D eigenvalue weighted by molar-refractivity contribution is 0.0758. The topological polar surface area (TPSA) is 61.9 Å². The smallest absolute Gasteiger partial charge is 0.317 e. The van der Waals surface area contributed by atoms with E-state index in [0.717, 1.165) is 19.3 Å². The maximum atomic E-state index is 12.9. The van der Waals surface area contributed by atoms with Crippen molar-refractivity contribution in [2.45, 2.75) is 44.6 Å². The minimum absolute atomic E-state index is 0.0171. The fraction of sp³-hybridized carbons (Fsp3) is 0.600. The first-order valence-corrected chi connectivity index (χ1v) is 9.67. The minimum atomic E-state index is -0.0306. The van der Waals surface area contributed by atoms with Crippen molar-refractivity contribution in [3.05, 3.63) is 29.8 Å². The average Bonchev–Trinajstić information content (AvgIpc) is 2.94. The summed E-state index contributed by atoms with van der Waals surface area (Å²) in [7, 11) is 1.58. The highest BCUT2D eigenvalue weighted by molar-refractivity contribution is 5.97. The van der Waals surface area contributed by atoms with Gasteiger partial charge in [0, 0.05) is 32.2 Å². The summed E-state index contributed by atoms with van der Waals surface area (Å²) in [4.78, 5) is 29.1. The molecular weight excluding hydrogens is 330 g/mol. The van der Waals surface area contributed by atoms with Gasteiger partial charge in [0.1, 0.15) is 5.75 Å². The summed E-state index contributed by atoms with van der Waals surface area (Å²) < 4.78 is 5.31. The molecule has 1 aromatic carbocycles. The maximum Gasteiger partial charge on any atom is 0.317 e. The van der Waals surface area contributed by atoms with Crippen molar-refractivity contribution in [2.24, 2.45) is 0 Å². The van der Waals surface area contributed by atoms with Crippen molar-refractivity contribution in [2.75, 3.05) is 33.3 Å². The number of methoxy groups -OCH3 is 1. The van der Waals surface area contributed by atoms with Crippen LogP contribution in [-0.2, 0) is 0 Å². The quantitative estimate of drug-likeness (QED) is 0.903. The van der Waals surface area contributed by atoms with Gasteiger partial charge in [-0.15, -0.1) is 0 Å². The van der Waals surface area contributed by atoms with Gasteiger partial charge in [0.2, 0.25) is 0 Å². The van der Waals surface area contributed by atoms with Gasteiger partial charge in [-0.25, -0.2) is 4.79 Å². The summed E-state index contributed by atoms with van der Waals surface area (Å²) in [6.07, 6.45) is 6.63. The Hall–Kier alpha value is -2.24. The zero-order valence-corrected chi connectivity index (χ0v) is 15.6. The van der Waals surface area contributed by atoms with Crippen LogP contribution >= 0.6 is 0 Å². The molecule has 1 saturated heterocycles. The number of para-hydroxylation sites is 1. The molecule has 1 aliphatic heterocycles. The Kier molecular flexibility index (Phi) is 6.36. The minimum Gasteiger partial charge on any atom is -0.496 e. The Bertz CT molecular complexity index is 628. The van der Waals surface area contributed by atoms with Crippen LogP contribution in [0.3, 0.4) is 0 Å². The lowest BCUT2D eigenvalue weighted by Crippen LogP contribution is -2.46. The van der Waals surface area contributed by atoms with Gasteiger partial charge in [-0.05, 0) is 31.4 Å². The first-order chi connectivity index (χ1) is 12.7. The molecule has 0 radical (unpaired) electrons. The molecule has 3 amide bonds. The zero-order chi connectivity index (χ0) is 18.4. The molecule has 142 valence electrons. The Morgan fingerprint density at radius 1 is 0.962 bits per heavy atom. The van der Waals surface area contributed by atoms with E-state index in [2.05, 4.69) is 5.32 Å². The molecule has 3 rings (SSSR count). The van der Waals surface area contributed by atoms with Crippen molar-refractivity contribution in [3.8, 4) is 5.75 Å². The summed E-state index contributed by atoms with van der Waals surface area (Å²) >= 11 is 0. The molecule has 1 aromatic rings. The normalized spacial score (nSPS) is 19.0. The molecule has 1 aliphatic carbocycles. The lowest BCUT2D eigenvalue weighted by Gasteiger charge is -2.27. The largest absolute Gasteiger partial charge is 0.496 e. The highest BCUT2D eigenvalue weighted by Gasteiger charge is 2.25. The third-order valence-electron chi connectivity index (χ3n) is 5.34. The van der Waals surface area contributed by atoms with Crippen molar-refractivity contribution in [1.29, 1.82) is 0 Å². The Labute approximate surface area is 155 Å². The van der Waals surface area contributed by atoms with Crippen LogP contribution in [0.4, 0.5) is 4.79 Å². The molecule has 2 aliphatic rings. The van der Waals surface area contributed by atoms with Gasteiger partial charge in [-0.2, -0.15) is 0 Å². The third-order valence-corrected chi connectivity index (χ3v) is 5.34. The Balaban J connectivity index is 1.57. The van der Waals surface area contributed by atoms with Crippen LogP contribution < -0.4 is 10.1 Å². The molecule has 0 atom stereocenters. The first-order valence-electron chi connectivity index (χ1n) is 9.67. The van der Waals surface area contributed by atoms with Crippen LogP contribution in [0, 0.1) is 0 Å². The number of urea groups is 1. The molecule has 6 heteroatoms. The van der Waals surface area contributed by atoms with Crippen LogP contribution in [0.1, 0.15) is 48.9 Å². The molecule has 0 unspecified atom stereocenters. The number of amides is 3. The van der Waals surface area contributed by atoms with Crippen LogP contribution in [0.15, 0.2) is 24.3 Å². The summed E-state index contributed by atoms with van der Waals surface area (Å²) in [5.74, 6) is 0.561. The van der Waals surface area contributed by atoms with E-state index in [0.29, 0.717) is 43.5 Å². The molecule has 1 saturated carbocycles. The van der Waals surface area contributed by atoms with Crippen molar-refractivity contribution in [1.82, 2.24) is 15.1 Å². The second-order valence-corrected chi connectivity index (χ2v) is 7.12. The zero-order valence-electron chi connectivity index (χ0n) is 15.6. The van der Waals surface area contributed by atoms with Crippen molar-refractivity contribution >= 4 is 11.9 Å². The Morgan fingerprint density at radius 2 is 1.65 bits per heavy atom. The van der Waals surface area contributed by atoms with Gasteiger partial charge >= 0.3 is 6.03 Å². The van der Waals surface area contributed by atoms with E-state index in [1.165, 1.54) is 19.3 Å². The van der Waals surface area contributed by atoms with E-state index in [4.69, 9.17) is 4.74 Å². The molecular formula is C20H29N3O3. The van der Waals surface area contributed by atoms with E-state index in [1.807, 2.05) is 21.9 Å². The third kappa shape index (κ3) is 4.48. The number of hydrogen-bond donors (Lipinski definition) is 1. The Morgan fingerprint density at radius 3 is 2.42 bits per heavy atom. The summed E-state index contributed by atoms with van der Waals surface area (Å²) in [6, 6.07) is 7.62. The number of nitrogens with one attached hydrogen (secondary N) is 1. The molecule has 1 N–H and O–H groups in total. The highest BCUT2D eigenvalue weighted by atomic mass is 16.5. The number of hydrogen-bond acceptors (Lipinski definition) is 3. The molecule has 6 nitrogen and oxygen atoms in total. The second kappa shape index (κ2) is 8.92. The van der Waals surface area contributed by atoms with E-state index in [1.54, 1.807) is 19.2 Å². The van der Waals surface area contributed by atoms with Gasteiger partial charge in [0.25, 0.3) is 5.91 Å². The lowest BCUT2D eigenvalue weighted by atomic mass is 9.96. The van der Waals surface area contributed by atoms with Crippen LogP contribution in [0.25, 0.3) is 0 Å². The van der Waals surface area contributed by atoms with Crippen molar-refractivity contribution in [3.63, 3.8) is 0 Å². The number of carbonyl (C=O) groups excluding carboxylic acids is 2. The first kappa shape index (κ1) is 18.5. The molecule has 0 bridgehead atoms. The number of carbonyl (C=O) groups is 2. The van der Waals surface area contributed by atoms with Crippen LogP contribution in [0.5, 0.6) is 5.75 Å². The van der Waals surface area contributed by atoms with Gasteiger partial charge in [-0.3, -0.25) is 4.79 Å². The average molecular weight is 359 g/mol. The molecule has 0 aromatic heterocycles. The van der Waals surface area contributed by atoms with Gasteiger partial charge in [0.05, 0.1) is 12.7 Å². The monoisotopic (exact) mass is 359 g/mol. The van der Waals surface area contributed by atoms with Crippen LogP contribution in [-0.4, -0.2) is 61.1 Å². The van der Waals surface area contributed by atoms with E-state index < -0.39 is 0 Å².